The molecule has 1 aliphatic carbocycles. The van der Waals surface area contributed by atoms with Crippen molar-refractivity contribution in [1.29, 1.82) is 0 Å². The molecule has 4 heteroatoms. The fourth-order valence-electron chi connectivity index (χ4n) is 2.84. The first-order chi connectivity index (χ1) is 8.63. The van der Waals surface area contributed by atoms with Gasteiger partial charge in [-0.1, -0.05) is 6.92 Å². The molecule has 94 valence electrons. The zero-order chi connectivity index (χ0) is 12.9. The van der Waals surface area contributed by atoms with Gasteiger partial charge in [0.05, 0.1) is 7.11 Å². The number of aryl methyl sites for hydroxylation is 1. The molecule has 0 aliphatic heterocycles. The van der Waals surface area contributed by atoms with E-state index < -0.39 is 5.97 Å². The Hall–Kier alpha value is -1.97. The molecule has 0 amide bonds. The number of hydrogen-bond acceptors (Lipinski definition) is 3. The Balaban J connectivity index is 2.42. The van der Waals surface area contributed by atoms with Gasteiger partial charge in [0.1, 0.15) is 11.3 Å². The second kappa shape index (κ2) is 3.77. The van der Waals surface area contributed by atoms with E-state index in [0.717, 1.165) is 35.1 Å². The van der Waals surface area contributed by atoms with E-state index in [2.05, 4.69) is 0 Å². The third-order valence-corrected chi connectivity index (χ3v) is 3.69. The summed E-state index contributed by atoms with van der Waals surface area (Å²) in [5.74, 6) is 0.0944. The second-order valence-electron chi connectivity index (χ2n) is 4.71. The van der Waals surface area contributed by atoms with Gasteiger partial charge < -0.3 is 14.3 Å². The Morgan fingerprint density at radius 1 is 1.50 bits per heavy atom. The van der Waals surface area contributed by atoms with Gasteiger partial charge in [-0.2, -0.15) is 0 Å². The van der Waals surface area contributed by atoms with Crippen LogP contribution in [0.15, 0.2) is 16.5 Å². The van der Waals surface area contributed by atoms with Crippen LogP contribution in [0.4, 0.5) is 0 Å². The monoisotopic (exact) mass is 246 g/mol. The number of carboxylic acids is 1. The molecule has 0 saturated heterocycles. The van der Waals surface area contributed by atoms with Crippen LogP contribution in [0.1, 0.15) is 40.9 Å². The Morgan fingerprint density at radius 2 is 2.28 bits per heavy atom. The molecule has 1 aromatic heterocycles. The summed E-state index contributed by atoms with van der Waals surface area (Å²) >= 11 is 0. The van der Waals surface area contributed by atoms with Gasteiger partial charge >= 0.3 is 5.97 Å². The van der Waals surface area contributed by atoms with Gasteiger partial charge in [0.15, 0.2) is 0 Å². The van der Waals surface area contributed by atoms with Crippen molar-refractivity contribution in [2.75, 3.05) is 7.11 Å². The summed E-state index contributed by atoms with van der Waals surface area (Å²) in [7, 11) is 1.63. The van der Waals surface area contributed by atoms with E-state index in [1.165, 1.54) is 0 Å². The average molecular weight is 246 g/mol. The van der Waals surface area contributed by atoms with Crippen molar-refractivity contribution in [2.24, 2.45) is 0 Å². The lowest BCUT2D eigenvalue weighted by atomic mass is 9.84. The van der Waals surface area contributed by atoms with Crippen LogP contribution in [-0.2, 0) is 6.42 Å². The second-order valence-corrected chi connectivity index (χ2v) is 4.71. The summed E-state index contributed by atoms with van der Waals surface area (Å²) in [4.78, 5) is 11.3. The lowest BCUT2D eigenvalue weighted by molar-refractivity contribution is 0.0662. The van der Waals surface area contributed by atoms with Gasteiger partial charge in [-0.05, 0) is 30.9 Å². The molecule has 4 nitrogen and oxygen atoms in total. The average Bonchev–Trinajstić information content (AvgIpc) is 2.75. The Morgan fingerprint density at radius 3 is 2.94 bits per heavy atom. The van der Waals surface area contributed by atoms with E-state index in [0.29, 0.717) is 5.58 Å². The molecule has 1 aliphatic rings. The third kappa shape index (κ3) is 1.35. The first-order valence-corrected chi connectivity index (χ1v) is 5.99. The Bertz CT molecular complexity index is 639. The highest BCUT2D eigenvalue weighted by molar-refractivity contribution is 5.98. The van der Waals surface area contributed by atoms with Crippen molar-refractivity contribution in [3.8, 4) is 5.75 Å². The lowest BCUT2D eigenvalue weighted by Gasteiger charge is -2.20. The van der Waals surface area contributed by atoms with Gasteiger partial charge in [-0.25, -0.2) is 4.79 Å². The maximum atomic E-state index is 11.3. The van der Waals surface area contributed by atoms with Crippen LogP contribution in [0.3, 0.4) is 0 Å². The Kier molecular flexibility index (Phi) is 2.33. The van der Waals surface area contributed by atoms with Gasteiger partial charge in [-0.15, -0.1) is 0 Å². The number of hydrogen-bond donors (Lipinski definition) is 1. The number of rotatable bonds is 2. The number of methoxy groups -OCH3 is 1. The maximum absolute atomic E-state index is 11.3. The molecule has 18 heavy (non-hydrogen) atoms. The van der Waals surface area contributed by atoms with Crippen molar-refractivity contribution in [2.45, 2.75) is 25.7 Å². The minimum atomic E-state index is -1.00. The molecule has 1 unspecified atom stereocenters. The fraction of sp³-hybridized carbons (Fsp3) is 0.357. The van der Waals surface area contributed by atoms with E-state index >= 15 is 0 Å². The van der Waals surface area contributed by atoms with Crippen LogP contribution in [0.25, 0.3) is 11.0 Å². The van der Waals surface area contributed by atoms with E-state index in [1.54, 1.807) is 13.2 Å². The first kappa shape index (κ1) is 11.1. The predicted octanol–water partition coefficient (Wildman–Crippen LogP) is 3.19. The van der Waals surface area contributed by atoms with Crippen LogP contribution in [-0.4, -0.2) is 18.2 Å². The SMILES string of the molecule is COc1ccc2oc(C(=O)O)c3c2c1CCC3C. The normalized spacial score (nSPS) is 18.0. The molecule has 0 bridgehead atoms. The highest BCUT2D eigenvalue weighted by Crippen LogP contribution is 2.43. The lowest BCUT2D eigenvalue weighted by Crippen LogP contribution is -2.09. The van der Waals surface area contributed by atoms with Crippen LogP contribution < -0.4 is 4.74 Å². The van der Waals surface area contributed by atoms with Gasteiger partial charge in [0, 0.05) is 16.5 Å². The number of carboxylic acid groups (broad SMARTS) is 1. The highest BCUT2D eigenvalue weighted by atomic mass is 16.5. The number of ether oxygens (including phenoxy) is 1. The van der Waals surface area contributed by atoms with E-state index in [4.69, 9.17) is 9.15 Å². The van der Waals surface area contributed by atoms with Crippen molar-refractivity contribution in [3.63, 3.8) is 0 Å². The molecule has 0 spiro atoms. The summed E-state index contributed by atoms with van der Waals surface area (Å²) in [5, 5.41) is 10.2. The smallest absolute Gasteiger partial charge is 0.372 e. The summed E-state index contributed by atoms with van der Waals surface area (Å²) < 4.78 is 10.8. The molecule has 0 fully saturated rings. The number of benzene rings is 1. The molecule has 1 aromatic carbocycles. The van der Waals surface area contributed by atoms with Crippen LogP contribution in [0.2, 0.25) is 0 Å². The molecule has 3 rings (SSSR count). The third-order valence-electron chi connectivity index (χ3n) is 3.69. The van der Waals surface area contributed by atoms with Gasteiger partial charge in [0.25, 0.3) is 0 Å². The van der Waals surface area contributed by atoms with Crippen molar-refractivity contribution < 1.29 is 19.1 Å². The topological polar surface area (TPSA) is 59.7 Å². The zero-order valence-electron chi connectivity index (χ0n) is 10.3. The van der Waals surface area contributed by atoms with E-state index in [9.17, 15) is 9.90 Å². The molecule has 0 saturated carbocycles. The summed E-state index contributed by atoms with van der Waals surface area (Å²) in [6.45, 7) is 2.04. The highest BCUT2D eigenvalue weighted by Gasteiger charge is 2.30. The molecular weight excluding hydrogens is 232 g/mol. The van der Waals surface area contributed by atoms with Crippen molar-refractivity contribution >= 4 is 16.9 Å². The first-order valence-electron chi connectivity index (χ1n) is 5.99. The minimum Gasteiger partial charge on any atom is -0.496 e. The summed E-state index contributed by atoms with van der Waals surface area (Å²) in [6, 6.07) is 3.62. The van der Waals surface area contributed by atoms with Crippen LogP contribution in [0.5, 0.6) is 5.75 Å². The molecule has 1 N–H and O–H groups in total. The molecule has 2 aromatic rings. The number of carbonyl (C=O) groups is 1. The zero-order valence-corrected chi connectivity index (χ0v) is 10.3. The number of furan rings is 1. The predicted molar refractivity (Wildman–Crippen MR) is 66.5 cm³/mol. The largest absolute Gasteiger partial charge is 0.496 e. The quantitative estimate of drug-likeness (QED) is 0.884. The molecule has 1 heterocycles. The van der Waals surface area contributed by atoms with Crippen LogP contribution >= 0.6 is 0 Å². The van der Waals surface area contributed by atoms with E-state index in [-0.39, 0.29) is 11.7 Å². The van der Waals surface area contributed by atoms with Crippen molar-refractivity contribution in [3.05, 3.63) is 29.0 Å². The minimum absolute atomic E-state index is 0.0757. The summed E-state index contributed by atoms with van der Waals surface area (Å²) in [6.07, 6.45) is 1.82. The van der Waals surface area contributed by atoms with Crippen molar-refractivity contribution in [1.82, 2.24) is 0 Å². The van der Waals surface area contributed by atoms with Gasteiger partial charge in [0.2, 0.25) is 5.76 Å². The van der Waals surface area contributed by atoms with E-state index in [1.807, 2.05) is 13.0 Å². The Labute approximate surface area is 104 Å². The maximum Gasteiger partial charge on any atom is 0.372 e. The van der Waals surface area contributed by atoms with Crippen LogP contribution in [0, 0.1) is 0 Å². The number of aromatic carboxylic acids is 1. The van der Waals surface area contributed by atoms with Gasteiger partial charge in [-0.3, -0.25) is 0 Å². The molecule has 1 atom stereocenters. The summed E-state index contributed by atoms with van der Waals surface area (Å²) in [5.41, 5.74) is 2.53. The molecule has 0 radical (unpaired) electrons. The fourth-order valence-corrected chi connectivity index (χ4v) is 2.84. The molecular formula is C14H14O4. The standard InChI is InChI=1S/C14H14O4/c1-7-3-4-8-9(17-2)5-6-10-12(8)11(7)13(18-10)14(15)16/h5-7H,3-4H2,1-2H3,(H,15,16).